The van der Waals surface area contributed by atoms with Gasteiger partial charge in [-0.05, 0) is 34.6 Å². The lowest BCUT2D eigenvalue weighted by Crippen LogP contribution is -2.34. The summed E-state index contributed by atoms with van der Waals surface area (Å²) in [7, 11) is 0. The fourth-order valence-corrected chi connectivity index (χ4v) is 3.60. The van der Waals surface area contributed by atoms with Crippen LogP contribution in [-0.4, -0.2) is 61.9 Å². The third-order valence-electron chi connectivity index (χ3n) is 4.61. The molecule has 29 heavy (non-hydrogen) atoms. The van der Waals surface area contributed by atoms with Crippen molar-refractivity contribution in [3.63, 3.8) is 0 Å². The number of aromatic nitrogens is 4. The van der Waals surface area contributed by atoms with Gasteiger partial charge in [-0.2, -0.15) is 0 Å². The number of carbonyl (C=O) groups is 1. The topological polar surface area (TPSA) is 136 Å². The van der Waals surface area contributed by atoms with Crippen LogP contribution < -0.4 is 11.1 Å². The molecule has 2 aromatic rings. The van der Waals surface area contributed by atoms with Crippen molar-refractivity contribution in [3.8, 4) is 0 Å². The second-order valence-corrected chi connectivity index (χ2v) is 8.54. The Balaban J connectivity index is 1.64. The van der Waals surface area contributed by atoms with Gasteiger partial charge < -0.3 is 24.7 Å². The number of carbonyl (C=O) groups excluding carboxylic acids is 1. The van der Waals surface area contributed by atoms with Crippen molar-refractivity contribution in [1.82, 2.24) is 19.5 Å². The maximum Gasteiger partial charge on any atom is 0.413 e. The lowest BCUT2D eigenvalue weighted by atomic mass is 10.1. The number of fused-ring (bicyclic) bond motifs is 2. The van der Waals surface area contributed by atoms with Crippen LogP contribution in [0.2, 0.25) is 0 Å². The quantitative estimate of drug-likeness (QED) is 0.778. The number of rotatable bonds is 3. The van der Waals surface area contributed by atoms with Gasteiger partial charge in [-0.15, -0.1) is 0 Å². The zero-order valence-electron chi connectivity index (χ0n) is 17.1. The number of hydrogen-bond donors (Lipinski definition) is 2. The molecule has 3 N–H and O–H groups in total. The summed E-state index contributed by atoms with van der Waals surface area (Å²) in [6, 6.07) is 0. The largest absolute Gasteiger partial charge is 0.444 e. The normalized spacial score (nSPS) is 28.5. The number of nitrogens with one attached hydrogen (secondary N) is 1. The van der Waals surface area contributed by atoms with Crippen LogP contribution in [0.4, 0.5) is 10.6 Å². The Hall–Kier alpha value is -2.34. The van der Waals surface area contributed by atoms with Gasteiger partial charge in [0.05, 0.1) is 6.33 Å². The van der Waals surface area contributed by atoms with Crippen molar-refractivity contribution in [2.75, 3.05) is 11.9 Å². The summed E-state index contributed by atoms with van der Waals surface area (Å²) in [6.45, 7) is 9.35. The lowest BCUT2D eigenvalue weighted by Gasteiger charge is -2.24. The summed E-state index contributed by atoms with van der Waals surface area (Å²) in [4.78, 5) is 24.9. The zero-order valence-corrected chi connectivity index (χ0v) is 17.1. The molecule has 2 fully saturated rings. The van der Waals surface area contributed by atoms with Gasteiger partial charge in [0.15, 0.2) is 29.0 Å². The summed E-state index contributed by atoms with van der Waals surface area (Å²) < 4.78 is 25.1. The highest BCUT2D eigenvalue weighted by Crippen LogP contribution is 2.43. The minimum absolute atomic E-state index is 0.247. The maximum absolute atomic E-state index is 12.1. The van der Waals surface area contributed by atoms with E-state index in [2.05, 4.69) is 20.3 Å². The van der Waals surface area contributed by atoms with E-state index in [1.54, 1.807) is 31.7 Å². The second-order valence-electron chi connectivity index (χ2n) is 8.54. The number of imidazole rings is 1. The summed E-state index contributed by atoms with van der Waals surface area (Å²) >= 11 is 0. The van der Waals surface area contributed by atoms with Crippen molar-refractivity contribution >= 4 is 23.1 Å². The summed E-state index contributed by atoms with van der Waals surface area (Å²) in [5, 5.41) is 2.62. The molecule has 2 aliphatic rings. The summed E-state index contributed by atoms with van der Waals surface area (Å²) in [6.07, 6.45) is 0.800. The third-order valence-corrected chi connectivity index (χ3v) is 4.61. The molecular formula is C18H26N6O5. The van der Waals surface area contributed by atoms with Gasteiger partial charge >= 0.3 is 6.09 Å². The van der Waals surface area contributed by atoms with Crippen molar-refractivity contribution in [3.05, 3.63) is 12.7 Å². The Morgan fingerprint density at radius 2 is 2.00 bits per heavy atom. The highest BCUT2D eigenvalue weighted by atomic mass is 16.8. The number of amides is 1. The Morgan fingerprint density at radius 3 is 2.69 bits per heavy atom. The van der Waals surface area contributed by atoms with Gasteiger partial charge in [0.2, 0.25) is 0 Å². The molecule has 1 amide bonds. The fraction of sp³-hybridized carbons (Fsp3) is 0.667. The van der Waals surface area contributed by atoms with E-state index < -0.39 is 23.7 Å². The van der Waals surface area contributed by atoms with Gasteiger partial charge in [0.1, 0.15) is 30.2 Å². The highest BCUT2D eigenvalue weighted by Gasteiger charge is 2.55. The third kappa shape index (κ3) is 3.78. The standard InChI is InChI=1S/C18H26N6O5/c1-17(2,3)29-16(25)23-13-10-14(21-7-20-13)24(8-22-10)15-12-11(9(6-19)26-15)27-18(4,5)28-12/h7-9,11-12,15H,6,19H2,1-5H3,(H,20,21,23,25)/t9-,11+,12?,15-/m1/s1. The van der Waals surface area contributed by atoms with Gasteiger partial charge in [-0.1, -0.05) is 0 Å². The first-order valence-corrected chi connectivity index (χ1v) is 9.47. The molecule has 11 nitrogen and oxygen atoms in total. The van der Waals surface area contributed by atoms with E-state index in [9.17, 15) is 4.79 Å². The average molecular weight is 406 g/mol. The zero-order chi connectivity index (χ0) is 21.0. The molecule has 158 valence electrons. The molecule has 11 heteroatoms. The number of nitrogens with zero attached hydrogens (tertiary/aromatic N) is 4. The van der Waals surface area contributed by atoms with Gasteiger partial charge in [0.25, 0.3) is 0 Å². The maximum atomic E-state index is 12.1. The Labute approximate surface area is 167 Å². The minimum atomic E-state index is -0.737. The molecule has 4 atom stereocenters. The minimum Gasteiger partial charge on any atom is -0.444 e. The molecule has 0 aliphatic carbocycles. The molecule has 0 saturated carbocycles. The van der Waals surface area contributed by atoms with Crippen molar-refractivity contribution < 1.29 is 23.7 Å². The van der Waals surface area contributed by atoms with Crippen LogP contribution in [0.5, 0.6) is 0 Å². The van der Waals surface area contributed by atoms with E-state index in [1.165, 1.54) is 6.33 Å². The van der Waals surface area contributed by atoms with E-state index in [-0.39, 0.29) is 24.1 Å². The van der Waals surface area contributed by atoms with Crippen LogP contribution in [0.1, 0.15) is 40.8 Å². The Bertz CT molecular complexity index is 923. The first kappa shape index (κ1) is 20.0. The molecular weight excluding hydrogens is 380 g/mol. The molecule has 2 aliphatic heterocycles. The van der Waals surface area contributed by atoms with Crippen molar-refractivity contribution in [1.29, 1.82) is 0 Å². The van der Waals surface area contributed by atoms with E-state index in [0.717, 1.165) is 0 Å². The number of nitrogens with two attached hydrogens (primary N) is 1. The van der Waals surface area contributed by atoms with Gasteiger partial charge in [0, 0.05) is 6.54 Å². The highest BCUT2D eigenvalue weighted by molar-refractivity contribution is 5.93. The first-order valence-electron chi connectivity index (χ1n) is 9.47. The predicted molar refractivity (Wildman–Crippen MR) is 102 cm³/mol. The van der Waals surface area contributed by atoms with E-state index in [4.69, 9.17) is 24.7 Å². The summed E-state index contributed by atoms with van der Waals surface area (Å²) in [5.74, 6) is -0.489. The van der Waals surface area contributed by atoms with E-state index in [1.807, 2.05) is 13.8 Å². The molecule has 0 radical (unpaired) electrons. The molecule has 1 unspecified atom stereocenters. The van der Waals surface area contributed by atoms with Crippen LogP contribution in [0, 0.1) is 0 Å². The number of hydrogen-bond acceptors (Lipinski definition) is 9. The first-order chi connectivity index (χ1) is 13.6. The second kappa shape index (κ2) is 6.87. The molecule has 4 heterocycles. The van der Waals surface area contributed by atoms with Crippen LogP contribution >= 0.6 is 0 Å². The molecule has 0 bridgehead atoms. The fourth-order valence-electron chi connectivity index (χ4n) is 3.60. The monoisotopic (exact) mass is 406 g/mol. The predicted octanol–water partition coefficient (Wildman–Crippen LogP) is 1.55. The van der Waals surface area contributed by atoms with E-state index in [0.29, 0.717) is 17.7 Å². The Morgan fingerprint density at radius 1 is 1.28 bits per heavy atom. The van der Waals surface area contributed by atoms with Crippen molar-refractivity contribution in [2.24, 2.45) is 5.73 Å². The molecule has 2 saturated heterocycles. The Kier molecular flexibility index (Phi) is 4.73. The van der Waals surface area contributed by atoms with Crippen LogP contribution in [0.15, 0.2) is 12.7 Å². The molecule has 0 spiro atoms. The van der Waals surface area contributed by atoms with Crippen LogP contribution in [0.3, 0.4) is 0 Å². The molecule has 4 rings (SSSR count). The average Bonchev–Trinajstić information content (AvgIpc) is 3.24. The molecule has 2 aromatic heterocycles. The SMILES string of the molecule is CC(C)(C)OC(=O)Nc1ncnc2c1ncn2[C@@H]1O[C@H](CN)[C@@H]2OC(C)(C)OC21. The number of ether oxygens (including phenoxy) is 4. The van der Waals surface area contributed by atoms with Gasteiger partial charge in [-0.3, -0.25) is 9.88 Å². The van der Waals surface area contributed by atoms with Crippen LogP contribution in [0.25, 0.3) is 11.2 Å². The van der Waals surface area contributed by atoms with Crippen LogP contribution in [-0.2, 0) is 18.9 Å². The lowest BCUT2D eigenvalue weighted by molar-refractivity contribution is -0.195. The number of anilines is 1. The van der Waals surface area contributed by atoms with Crippen molar-refractivity contribution in [2.45, 2.75) is 70.5 Å². The van der Waals surface area contributed by atoms with Gasteiger partial charge in [-0.25, -0.2) is 19.7 Å². The van der Waals surface area contributed by atoms with E-state index >= 15 is 0 Å². The molecule has 0 aromatic carbocycles. The smallest absolute Gasteiger partial charge is 0.413 e. The summed E-state index contributed by atoms with van der Waals surface area (Å²) in [5.41, 5.74) is 6.13.